The number of morpholine rings is 1. The first-order valence-corrected chi connectivity index (χ1v) is 9.40. The summed E-state index contributed by atoms with van der Waals surface area (Å²) < 4.78 is 11.5. The van der Waals surface area contributed by atoms with Crippen molar-refractivity contribution in [2.75, 3.05) is 46.4 Å². The van der Waals surface area contributed by atoms with Gasteiger partial charge in [0.25, 0.3) is 0 Å². The largest absolute Gasteiger partial charge is 0.488 e. The molecular weight excluding hydrogens is 328 g/mol. The zero-order valence-corrected chi connectivity index (χ0v) is 16.9. The van der Waals surface area contributed by atoms with Crippen molar-refractivity contribution in [2.45, 2.75) is 39.8 Å². The van der Waals surface area contributed by atoms with E-state index < -0.39 is 0 Å². The molecule has 0 bridgehead atoms. The van der Waals surface area contributed by atoms with Crippen molar-refractivity contribution in [3.63, 3.8) is 0 Å². The van der Waals surface area contributed by atoms with Crippen molar-refractivity contribution in [2.24, 2.45) is 4.99 Å². The number of hydrogen-bond acceptors (Lipinski definition) is 4. The van der Waals surface area contributed by atoms with Gasteiger partial charge in [-0.15, -0.1) is 0 Å². The van der Waals surface area contributed by atoms with Crippen LogP contribution in [-0.2, 0) is 11.3 Å². The van der Waals surface area contributed by atoms with Gasteiger partial charge in [-0.2, -0.15) is 0 Å². The van der Waals surface area contributed by atoms with Gasteiger partial charge >= 0.3 is 0 Å². The van der Waals surface area contributed by atoms with Crippen LogP contribution in [0.1, 0.15) is 31.9 Å². The van der Waals surface area contributed by atoms with Gasteiger partial charge in [0.2, 0.25) is 0 Å². The van der Waals surface area contributed by atoms with Crippen LogP contribution in [0.4, 0.5) is 0 Å². The van der Waals surface area contributed by atoms with Gasteiger partial charge in [-0.25, -0.2) is 0 Å². The first-order valence-electron chi connectivity index (χ1n) is 9.40. The van der Waals surface area contributed by atoms with Crippen molar-refractivity contribution >= 4 is 5.96 Å². The number of hydrogen-bond donors (Lipinski definition) is 2. The second-order valence-electron chi connectivity index (χ2n) is 7.63. The SMILES string of the molecule is CN=C(NCCN1CCOCC1)NCc1ccc(C)cc1OC(C)(C)C. The highest BCUT2D eigenvalue weighted by Gasteiger charge is 2.15. The number of benzene rings is 1. The van der Waals surface area contributed by atoms with Crippen LogP contribution < -0.4 is 15.4 Å². The number of nitrogens with zero attached hydrogens (tertiary/aromatic N) is 2. The Morgan fingerprint density at radius 2 is 1.96 bits per heavy atom. The minimum Gasteiger partial charge on any atom is -0.488 e. The van der Waals surface area contributed by atoms with Gasteiger partial charge in [0.15, 0.2) is 5.96 Å². The standard InChI is InChI=1S/C20H34N4O2/c1-16-6-7-17(18(14-16)26-20(2,3)4)15-23-19(21-5)22-8-9-24-10-12-25-13-11-24/h6-7,14H,8-13,15H2,1-5H3,(H2,21,22,23). The molecule has 1 aromatic rings. The van der Waals surface area contributed by atoms with Crippen LogP contribution in [0.15, 0.2) is 23.2 Å². The minimum absolute atomic E-state index is 0.222. The molecule has 1 aliphatic rings. The molecule has 1 aliphatic heterocycles. The maximum atomic E-state index is 6.12. The molecule has 0 aromatic heterocycles. The Balaban J connectivity index is 1.85. The quantitative estimate of drug-likeness (QED) is 0.600. The number of aryl methyl sites for hydroxylation is 1. The molecular formula is C20H34N4O2. The first-order chi connectivity index (χ1) is 12.4. The molecule has 1 heterocycles. The first kappa shape index (κ1) is 20.5. The molecule has 0 spiro atoms. The molecule has 1 saturated heterocycles. The number of guanidine groups is 1. The van der Waals surface area contributed by atoms with Crippen molar-refractivity contribution < 1.29 is 9.47 Å². The fourth-order valence-corrected chi connectivity index (χ4v) is 2.79. The van der Waals surface area contributed by atoms with Crippen LogP contribution in [-0.4, -0.2) is 62.9 Å². The van der Waals surface area contributed by atoms with Gasteiger partial charge in [0.1, 0.15) is 11.4 Å². The molecule has 0 saturated carbocycles. The number of rotatable bonds is 6. The van der Waals surface area contributed by atoms with E-state index in [1.165, 1.54) is 5.56 Å². The molecule has 0 unspecified atom stereocenters. The van der Waals surface area contributed by atoms with E-state index in [0.717, 1.165) is 56.7 Å². The zero-order chi connectivity index (χ0) is 19.0. The van der Waals surface area contributed by atoms with E-state index >= 15 is 0 Å². The maximum Gasteiger partial charge on any atom is 0.191 e. The average Bonchev–Trinajstić information content (AvgIpc) is 2.59. The summed E-state index contributed by atoms with van der Waals surface area (Å²) in [7, 11) is 1.80. The lowest BCUT2D eigenvalue weighted by atomic mass is 10.1. The predicted molar refractivity (Wildman–Crippen MR) is 107 cm³/mol. The van der Waals surface area contributed by atoms with E-state index in [9.17, 15) is 0 Å². The Morgan fingerprint density at radius 1 is 1.23 bits per heavy atom. The Bertz CT molecular complexity index is 590. The molecule has 0 radical (unpaired) electrons. The van der Waals surface area contributed by atoms with Crippen LogP contribution >= 0.6 is 0 Å². The lowest BCUT2D eigenvalue weighted by molar-refractivity contribution is 0.0389. The number of nitrogens with one attached hydrogen (secondary N) is 2. The van der Waals surface area contributed by atoms with Gasteiger partial charge in [-0.3, -0.25) is 9.89 Å². The number of aliphatic imine (C=N–C) groups is 1. The smallest absolute Gasteiger partial charge is 0.191 e. The summed E-state index contributed by atoms with van der Waals surface area (Å²) in [6.07, 6.45) is 0. The molecule has 0 amide bonds. The number of ether oxygens (including phenoxy) is 2. The summed E-state index contributed by atoms with van der Waals surface area (Å²) in [6, 6.07) is 6.32. The van der Waals surface area contributed by atoms with Crippen LogP contribution in [0.3, 0.4) is 0 Å². The summed E-state index contributed by atoms with van der Waals surface area (Å²) in [6.45, 7) is 14.5. The molecule has 0 aliphatic carbocycles. The Labute approximate surface area is 158 Å². The van der Waals surface area contributed by atoms with E-state index in [4.69, 9.17) is 9.47 Å². The minimum atomic E-state index is -0.222. The fourth-order valence-electron chi connectivity index (χ4n) is 2.79. The van der Waals surface area contributed by atoms with Gasteiger partial charge in [0.05, 0.1) is 13.2 Å². The zero-order valence-electron chi connectivity index (χ0n) is 16.9. The Morgan fingerprint density at radius 3 is 2.62 bits per heavy atom. The van der Waals surface area contributed by atoms with E-state index in [0.29, 0.717) is 6.54 Å². The lowest BCUT2D eigenvalue weighted by Crippen LogP contribution is -2.44. The van der Waals surface area contributed by atoms with Gasteiger partial charge in [-0.05, 0) is 39.3 Å². The molecule has 2 N–H and O–H groups in total. The summed E-state index contributed by atoms with van der Waals surface area (Å²) in [4.78, 5) is 6.72. The third kappa shape index (κ3) is 7.22. The highest BCUT2D eigenvalue weighted by Crippen LogP contribution is 2.24. The van der Waals surface area contributed by atoms with Crippen LogP contribution in [0.5, 0.6) is 5.75 Å². The molecule has 146 valence electrons. The van der Waals surface area contributed by atoms with E-state index in [1.54, 1.807) is 7.05 Å². The highest BCUT2D eigenvalue weighted by atomic mass is 16.5. The van der Waals surface area contributed by atoms with Crippen LogP contribution in [0.25, 0.3) is 0 Å². The third-order valence-electron chi connectivity index (χ3n) is 4.13. The van der Waals surface area contributed by atoms with Gasteiger partial charge in [-0.1, -0.05) is 12.1 Å². The topological polar surface area (TPSA) is 58.1 Å². The van der Waals surface area contributed by atoms with Crippen molar-refractivity contribution in [3.8, 4) is 5.75 Å². The molecule has 2 rings (SSSR count). The molecule has 1 aromatic carbocycles. The summed E-state index contributed by atoms with van der Waals surface area (Å²) in [5, 5.41) is 6.77. The van der Waals surface area contributed by atoms with E-state index in [1.807, 2.05) is 0 Å². The Kier molecular flexibility index (Phi) is 7.72. The Hall–Kier alpha value is -1.79. The summed E-state index contributed by atoms with van der Waals surface area (Å²) in [5.74, 6) is 1.73. The monoisotopic (exact) mass is 362 g/mol. The average molecular weight is 363 g/mol. The van der Waals surface area contributed by atoms with Crippen molar-refractivity contribution in [3.05, 3.63) is 29.3 Å². The molecule has 6 nitrogen and oxygen atoms in total. The molecule has 0 atom stereocenters. The normalized spacial score (nSPS) is 16.4. The second kappa shape index (κ2) is 9.78. The van der Waals surface area contributed by atoms with Gasteiger partial charge in [0, 0.05) is 45.3 Å². The highest BCUT2D eigenvalue weighted by molar-refractivity contribution is 5.79. The summed E-state index contributed by atoms with van der Waals surface area (Å²) >= 11 is 0. The third-order valence-corrected chi connectivity index (χ3v) is 4.13. The second-order valence-corrected chi connectivity index (χ2v) is 7.63. The predicted octanol–water partition coefficient (Wildman–Crippen LogP) is 2.17. The van der Waals surface area contributed by atoms with E-state index in [-0.39, 0.29) is 5.60 Å². The lowest BCUT2D eigenvalue weighted by Gasteiger charge is -2.27. The van der Waals surface area contributed by atoms with E-state index in [2.05, 4.69) is 66.4 Å². The maximum absolute atomic E-state index is 6.12. The molecule has 26 heavy (non-hydrogen) atoms. The van der Waals surface area contributed by atoms with Gasteiger partial charge < -0.3 is 20.1 Å². The van der Waals surface area contributed by atoms with Crippen molar-refractivity contribution in [1.82, 2.24) is 15.5 Å². The fraction of sp³-hybridized carbons (Fsp3) is 0.650. The molecule has 1 fully saturated rings. The molecule has 6 heteroatoms. The van der Waals surface area contributed by atoms with Crippen LogP contribution in [0.2, 0.25) is 0 Å². The van der Waals surface area contributed by atoms with Crippen molar-refractivity contribution in [1.29, 1.82) is 0 Å². The summed E-state index contributed by atoms with van der Waals surface area (Å²) in [5.41, 5.74) is 2.10. The van der Waals surface area contributed by atoms with Crippen LogP contribution in [0, 0.1) is 6.92 Å².